The van der Waals surface area contributed by atoms with Crippen molar-refractivity contribution < 1.29 is 9.72 Å². The molecule has 1 rings (SSSR count). The summed E-state index contributed by atoms with van der Waals surface area (Å²) in [6, 6.07) is -1.18. The molecule has 2 atom stereocenters. The first-order valence-electron chi connectivity index (χ1n) is 5.94. The highest BCUT2D eigenvalue weighted by Crippen LogP contribution is 2.14. The van der Waals surface area contributed by atoms with E-state index in [9.17, 15) is 14.9 Å². The number of nitrogens with zero attached hydrogens (tertiary/aromatic N) is 2. The lowest BCUT2D eigenvalue weighted by Gasteiger charge is -2.19. The van der Waals surface area contributed by atoms with E-state index < -0.39 is 12.1 Å². The van der Waals surface area contributed by atoms with Gasteiger partial charge >= 0.3 is 0 Å². The summed E-state index contributed by atoms with van der Waals surface area (Å²) in [5, 5.41) is 10.6. The maximum atomic E-state index is 11.9. The summed E-state index contributed by atoms with van der Waals surface area (Å²) in [6.07, 6.45) is 2.68. The topological polar surface area (TPSA) is 115 Å². The van der Waals surface area contributed by atoms with Crippen LogP contribution in [0.15, 0.2) is 0 Å². The molecule has 1 unspecified atom stereocenters. The van der Waals surface area contributed by atoms with Crippen LogP contribution in [0.4, 0.5) is 0 Å². The maximum absolute atomic E-state index is 11.9. The molecule has 0 spiro atoms. The average Bonchev–Trinajstić information content (AvgIpc) is 2.77. The normalized spacial score (nSPS) is 21.5. The van der Waals surface area contributed by atoms with Crippen molar-refractivity contribution in [2.75, 3.05) is 19.6 Å². The molecule has 7 nitrogen and oxygen atoms in total. The molecule has 98 valence electrons. The Hall–Kier alpha value is -1.21. The van der Waals surface area contributed by atoms with Gasteiger partial charge in [0.25, 0.3) is 0 Å². The van der Waals surface area contributed by atoms with Crippen LogP contribution in [0.1, 0.15) is 25.7 Å². The fraction of sp³-hybridized carbons (Fsp3) is 0.900. The zero-order valence-electron chi connectivity index (χ0n) is 9.88. The van der Waals surface area contributed by atoms with E-state index in [0.717, 1.165) is 12.8 Å². The standard InChI is InChI=1S/C10H20N4O3/c11-5-2-1-3-9(12)10(15)13-6-4-8(7-13)14(16)17/h8-9H,1-7,11-12H2/t8?,9-/m0/s1. The number of nitrogens with two attached hydrogens (primary N) is 2. The monoisotopic (exact) mass is 244 g/mol. The van der Waals surface area contributed by atoms with Crippen molar-refractivity contribution in [2.45, 2.75) is 37.8 Å². The van der Waals surface area contributed by atoms with E-state index >= 15 is 0 Å². The van der Waals surface area contributed by atoms with Crippen LogP contribution in [0, 0.1) is 10.1 Å². The van der Waals surface area contributed by atoms with Gasteiger partial charge in [-0.05, 0) is 19.4 Å². The molecule has 0 saturated carbocycles. The summed E-state index contributed by atoms with van der Waals surface area (Å²) in [5.74, 6) is -0.175. The third-order valence-corrected chi connectivity index (χ3v) is 3.06. The number of likely N-dealkylation sites (tertiary alicyclic amines) is 1. The lowest BCUT2D eigenvalue weighted by atomic mass is 10.1. The Morgan fingerprint density at radius 2 is 2.24 bits per heavy atom. The minimum Gasteiger partial charge on any atom is -0.334 e. The van der Waals surface area contributed by atoms with E-state index in [2.05, 4.69) is 0 Å². The molecule has 1 fully saturated rings. The fourth-order valence-corrected chi connectivity index (χ4v) is 1.98. The first-order valence-corrected chi connectivity index (χ1v) is 5.94. The van der Waals surface area contributed by atoms with Crippen molar-refractivity contribution in [1.29, 1.82) is 0 Å². The van der Waals surface area contributed by atoms with Crippen LogP contribution < -0.4 is 11.5 Å². The predicted molar refractivity (Wildman–Crippen MR) is 62.9 cm³/mol. The minimum atomic E-state index is -0.629. The van der Waals surface area contributed by atoms with Crippen LogP contribution in [0.2, 0.25) is 0 Å². The van der Waals surface area contributed by atoms with Crippen molar-refractivity contribution in [3.8, 4) is 0 Å². The molecule has 0 aliphatic carbocycles. The van der Waals surface area contributed by atoms with Crippen molar-refractivity contribution >= 4 is 5.91 Å². The average molecular weight is 244 g/mol. The van der Waals surface area contributed by atoms with E-state index in [-0.39, 0.29) is 17.4 Å². The Balaban J connectivity index is 2.35. The second-order valence-electron chi connectivity index (χ2n) is 4.40. The summed E-state index contributed by atoms with van der Waals surface area (Å²) in [4.78, 5) is 23.6. The number of hydrogen-bond donors (Lipinski definition) is 2. The van der Waals surface area contributed by atoms with E-state index in [1.807, 2.05) is 0 Å². The van der Waals surface area contributed by atoms with E-state index in [0.29, 0.717) is 25.9 Å². The molecular formula is C10H20N4O3. The van der Waals surface area contributed by atoms with Crippen molar-refractivity contribution in [3.63, 3.8) is 0 Å². The number of hydrogen-bond acceptors (Lipinski definition) is 5. The lowest BCUT2D eigenvalue weighted by Crippen LogP contribution is -2.43. The Morgan fingerprint density at radius 1 is 1.53 bits per heavy atom. The van der Waals surface area contributed by atoms with Crippen molar-refractivity contribution in [3.05, 3.63) is 10.1 Å². The van der Waals surface area contributed by atoms with Gasteiger partial charge in [-0.25, -0.2) is 0 Å². The third-order valence-electron chi connectivity index (χ3n) is 3.06. The Morgan fingerprint density at radius 3 is 2.76 bits per heavy atom. The smallest absolute Gasteiger partial charge is 0.239 e. The highest BCUT2D eigenvalue weighted by atomic mass is 16.6. The number of carbonyl (C=O) groups excluding carboxylic acids is 1. The van der Waals surface area contributed by atoms with Crippen LogP contribution in [-0.4, -0.2) is 47.4 Å². The van der Waals surface area contributed by atoms with Gasteiger partial charge in [0.15, 0.2) is 0 Å². The molecule has 1 heterocycles. The Labute approximate surface area is 100 Å². The SMILES string of the molecule is NCCCC[C@H](N)C(=O)N1CCC([N+](=O)[O-])C1. The Kier molecular flexibility index (Phi) is 5.30. The second-order valence-corrected chi connectivity index (χ2v) is 4.40. The van der Waals surface area contributed by atoms with Crippen molar-refractivity contribution in [2.24, 2.45) is 11.5 Å². The van der Waals surface area contributed by atoms with Gasteiger partial charge in [-0.3, -0.25) is 14.9 Å². The van der Waals surface area contributed by atoms with Gasteiger partial charge in [0.05, 0.1) is 12.6 Å². The lowest BCUT2D eigenvalue weighted by molar-refractivity contribution is -0.517. The number of amides is 1. The zero-order valence-corrected chi connectivity index (χ0v) is 9.88. The molecule has 0 aromatic rings. The van der Waals surface area contributed by atoms with Gasteiger partial charge in [-0.1, -0.05) is 6.42 Å². The molecule has 0 bridgehead atoms. The van der Waals surface area contributed by atoms with Gasteiger partial charge in [0.2, 0.25) is 11.9 Å². The fourth-order valence-electron chi connectivity index (χ4n) is 1.98. The van der Waals surface area contributed by atoms with Gasteiger partial charge in [-0.15, -0.1) is 0 Å². The predicted octanol–water partition coefficient (Wildman–Crippen LogP) is -0.680. The summed E-state index contributed by atoms with van der Waals surface area (Å²) in [7, 11) is 0. The first-order chi connectivity index (χ1) is 8.06. The summed E-state index contributed by atoms with van der Waals surface area (Å²) in [5.41, 5.74) is 11.1. The molecule has 1 aliphatic heterocycles. The van der Waals surface area contributed by atoms with E-state index in [1.165, 1.54) is 4.90 Å². The van der Waals surface area contributed by atoms with Crippen molar-refractivity contribution in [1.82, 2.24) is 4.90 Å². The summed E-state index contributed by atoms with van der Waals surface area (Å²) >= 11 is 0. The van der Waals surface area contributed by atoms with E-state index in [1.54, 1.807) is 0 Å². The number of rotatable bonds is 6. The molecular weight excluding hydrogens is 224 g/mol. The summed E-state index contributed by atoms with van der Waals surface area (Å²) < 4.78 is 0. The molecule has 0 radical (unpaired) electrons. The summed E-state index contributed by atoms with van der Waals surface area (Å²) in [6.45, 7) is 1.22. The van der Waals surface area contributed by atoms with Crippen LogP contribution in [0.3, 0.4) is 0 Å². The van der Waals surface area contributed by atoms with Crippen LogP contribution in [0.5, 0.6) is 0 Å². The van der Waals surface area contributed by atoms with E-state index in [4.69, 9.17) is 11.5 Å². The second kappa shape index (κ2) is 6.51. The van der Waals surface area contributed by atoms with Gasteiger partial charge in [0.1, 0.15) is 0 Å². The first kappa shape index (κ1) is 13.9. The van der Waals surface area contributed by atoms with Crippen LogP contribution in [-0.2, 0) is 4.79 Å². The maximum Gasteiger partial charge on any atom is 0.239 e. The number of nitro groups is 1. The number of unbranched alkanes of at least 4 members (excludes halogenated alkanes) is 1. The molecule has 1 aliphatic rings. The Bertz CT molecular complexity index is 285. The molecule has 0 aromatic heterocycles. The molecule has 0 aromatic carbocycles. The van der Waals surface area contributed by atoms with Gasteiger partial charge in [0, 0.05) is 17.9 Å². The molecule has 7 heteroatoms. The molecule has 17 heavy (non-hydrogen) atoms. The molecule has 1 saturated heterocycles. The largest absolute Gasteiger partial charge is 0.334 e. The third kappa shape index (κ3) is 3.94. The van der Waals surface area contributed by atoms with Crippen LogP contribution >= 0.6 is 0 Å². The molecule has 4 N–H and O–H groups in total. The van der Waals surface area contributed by atoms with Crippen LogP contribution in [0.25, 0.3) is 0 Å². The van der Waals surface area contributed by atoms with Gasteiger partial charge in [-0.2, -0.15) is 0 Å². The quantitative estimate of drug-likeness (QED) is 0.365. The zero-order chi connectivity index (χ0) is 12.8. The number of carbonyl (C=O) groups is 1. The highest BCUT2D eigenvalue weighted by molar-refractivity contribution is 5.81. The minimum absolute atomic E-state index is 0.175. The molecule has 1 amide bonds. The highest BCUT2D eigenvalue weighted by Gasteiger charge is 2.35. The van der Waals surface area contributed by atoms with Gasteiger partial charge < -0.3 is 16.4 Å².